The van der Waals surface area contributed by atoms with E-state index in [1.165, 1.54) is 0 Å². The van der Waals surface area contributed by atoms with Crippen LogP contribution in [0, 0.1) is 5.41 Å². The number of ketones is 1. The van der Waals surface area contributed by atoms with Gasteiger partial charge in [0.1, 0.15) is 5.82 Å². The summed E-state index contributed by atoms with van der Waals surface area (Å²) in [4.78, 5) is 24.5. The number of Topliss-reactive ketones (excluding diaryl/α,β-unsaturated/α-hetero) is 1. The second-order valence-corrected chi connectivity index (χ2v) is 10.2. The van der Waals surface area contributed by atoms with Crippen molar-refractivity contribution in [3.8, 4) is 11.3 Å². The molecule has 1 aliphatic heterocycles. The van der Waals surface area contributed by atoms with Crippen molar-refractivity contribution in [3.63, 3.8) is 0 Å². The first-order chi connectivity index (χ1) is 17.5. The van der Waals surface area contributed by atoms with E-state index in [0.717, 1.165) is 59.3 Å². The number of rotatable bonds is 7. The predicted molar refractivity (Wildman–Crippen MR) is 141 cm³/mol. The normalized spacial score (nSPS) is 16.8. The molecule has 0 spiro atoms. The van der Waals surface area contributed by atoms with Crippen LogP contribution in [0.3, 0.4) is 0 Å². The molecule has 6 rings (SSSR count). The van der Waals surface area contributed by atoms with Gasteiger partial charge in [0, 0.05) is 54.8 Å². The predicted octanol–water partition coefficient (Wildman–Crippen LogP) is 4.98. The van der Waals surface area contributed by atoms with Crippen molar-refractivity contribution in [3.05, 3.63) is 60.3 Å². The molecule has 2 fully saturated rings. The van der Waals surface area contributed by atoms with E-state index in [0.29, 0.717) is 31.4 Å². The molecule has 3 heterocycles. The number of anilines is 3. The Bertz CT molecular complexity index is 1420. The van der Waals surface area contributed by atoms with Crippen molar-refractivity contribution in [1.29, 1.82) is 0 Å². The van der Waals surface area contributed by atoms with Gasteiger partial charge in [-0.2, -0.15) is 10.1 Å². The number of carbonyl (C=O) groups excluding carboxylic acids is 1. The Morgan fingerprint density at radius 2 is 1.83 bits per heavy atom. The van der Waals surface area contributed by atoms with Gasteiger partial charge in [0.15, 0.2) is 5.78 Å². The molecular formula is C28H30N6O2. The molecule has 0 bridgehead atoms. The first kappa shape index (κ1) is 22.7. The largest absolute Gasteiger partial charge is 0.378 e. The number of aryl methyl sites for hydroxylation is 1. The van der Waals surface area contributed by atoms with Gasteiger partial charge >= 0.3 is 0 Å². The molecule has 1 N–H and O–H groups in total. The fourth-order valence-corrected chi connectivity index (χ4v) is 4.62. The van der Waals surface area contributed by atoms with E-state index >= 15 is 0 Å². The van der Waals surface area contributed by atoms with Crippen LogP contribution in [0.2, 0.25) is 0 Å². The van der Waals surface area contributed by atoms with Gasteiger partial charge in [0.2, 0.25) is 5.95 Å². The van der Waals surface area contributed by atoms with E-state index in [1.807, 2.05) is 48.3 Å². The summed E-state index contributed by atoms with van der Waals surface area (Å²) in [6, 6.07) is 15.9. The summed E-state index contributed by atoms with van der Waals surface area (Å²) in [5.41, 5.74) is 4.73. The average molecular weight is 483 g/mol. The van der Waals surface area contributed by atoms with E-state index in [1.54, 1.807) is 0 Å². The number of fused-ring (bicyclic) bond motifs is 1. The van der Waals surface area contributed by atoms with Gasteiger partial charge in [-0.25, -0.2) is 4.98 Å². The van der Waals surface area contributed by atoms with Crippen LogP contribution in [-0.4, -0.2) is 51.8 Å². The van der Waals surface area contributed by atoms with Crippen LogP contribution < -0.4 is 10.2 Å². The molecule has 0 atom stereocenters. The van der Waals surface area contributed by atoms with Crippen molar-refractivity contribution in [2.45, 2.75) is 26.2 Å². The van der Waals surface area contributed by atoms with Gasteiger partial charge < -0.3 is 15.0 Å². The third-order valence-electron chi connectivity index (χ3n) is 7.22. The quantitative estimate of drug-likeness (QED) is 0.372. The minimum absolute atomic E-state index is 0.208. The summed E-state index contributed by atoms with van der Waals surface area (Å²) in [6.45, 7) is 5.00. The van der Waals surface area contributed by atoms with Crippen LogP contribution in [-0.2, 0) is 11.8 Å². The van der Waals surface area contributed by atoms with Crippen LogP contribution in [0.1, 0.15) is 36.5 Å². The molecule has 1 aliphatic carbocycles. The van der Waals surface area contributed by atoms with E-state index in [4.69, 9.17) is 14.7 Å². The third kappa shape index (κ3) is 4.68. The van der Waals surface area contributed by atoms with Crippen LogP contribution in [0.5, 0.6) is 0 Å². The van der Waals surface area contributed by atoms with Gasteiger partial charge in [-0.1, -0.05) is 19.1 Å². The molecule has 0 unspecified atom stereocenters. The highest BCUT2D eigenvalue weighted by Crippen LogP contribution is 2.48. The Balaban J connectivity index is 1.30. The maximum Gasteiger partial charge on any atom is 0.228 e. The Labute approximate surface area is 210 Å². The minimum Gasteiger partial charge on any atom is -0.378 e. The van der Waals surface area contributed by atoms with Gasteiger partial charge in [-0.3, -0.25) is 9.48 Å². The van der Waals surface area contributed by atoms with Crippen LogP contribution in [0.25, 0.3) is 22.2 Å². The third-order valence-corrected chi connectivity index (χ3v) is 7.22. The molecule has 184 valence electrons. The average Bonchev–Trinajstić information content (AvgIpc) is 3.52. The van der Waals surface area contributed by atoms with E-state index in [9.17, 15) is 4.79 Å². The van der Waals surface area contributed by atoms with Crippen molar-refractivity contribution in [2.75, 3.05) is 36.5 Å². The molecule has 2 aromatic heterocycles. The van der Waals surface area contributed by atoms with Crippen molar-refractivity contribution in [1.82, 2.24) is 19.7 Å². The number of carbonyl (C=O) groups is 1. The number of ether oxygens (including phenoxy) is 1. The number of benzene rings is 2. The maximum absolute atomic E-state index is 12.6. The number of morpholine rings is 1. The smallest absolute Gasteiger partial charge is 0.228 e. The van der Waals surface area contributed by atoms with Crippen LogP contribution in [0.4, 0.5) is 17.5 Å². The van der Waals surface area contributed by atoms with Gasteiger partial charge in [0.05, 0.1) is 30.6 Å². The Kier molecular flexibility index (Phi) is 5.68. The SMILES string of the molecule is Cn1ncc2ccc(-c3cc(Nc4ccc(C(=O)CC5(C)CC5)cc4)nc(N4CCOCC4)n3)cc21. The van der Waals surface area contributed by atoms with E-state index in [-0.39, 0.29) is 11.2 Å². The zero-order valence-electron chi connectivity index (χ0n) is 20.7. The molecule has 2 aliphatic rings. The first-order valence-electron chi connectivity index (χ1n) is 12.5. The molecule has 8 heteroatoms. The summed E-state index contributed by atoms with van der Waals surface area (Å²) < 4.78 is 7.40. The molecule has 0 radical (unpaired) electrons. The minimum atomic E-state index is 0.208. The maximum atomic E-state index is 12.6. The fourth-order valence-electron chi connectivity index (χ4n) is 4.62. The highest BCUT2D eigenvalue weighted by molar-refractivity contribution is 5.97. The molecular weight excluding hydrogens is 452 g/mol. The van der Waals surface area contributed by atoms with Crippen LogP contribution >= 0.6 is 0 Å². The Hall–Kier alpha value is -3.78. The lowest BCUT2D eigenvalue weighted by molar-refractivity contribution is 0.0959. The second-order valence-electron chi connectivity index (χ2n) is 10.2. The fraction of sp³-hybridized carbons (Fsp3) is 0.357. The molecule has 8 nitrogen and oxygen atoms in total. The summed E-state index contributed by atoms with van der Waals surface area (Å²) >= 11 is 0. The number of nitrogens with zero attached hydrogens (tertiary/aromatic N) is 5. The zero-order valence-corrected chi connectivity index (χ0v) is 20.7. The van der Waals surface area contributed by atoms with E-state index in [2.05, 4.69) is 40.4 Å². The summed E-state index contributed by atoms with van der Waals surface area (Å²) in [7, 11) is 1.94. The standard InChI is InChI=1S/C28H30N6O2/c1-28(9-10-28)17-25(35)19-5-7-22(8-6-19)30-26-16-23(31-27(32-26)34-11-13-36-14-12-34)20-3-4-21-18-29-33(2)24(21)15-20/h3-8,15-16,18H,9-14,17H2,1-2H3,(H,30,31,32). The summed E-state index contributed by atoms with van der Waals surface area (Å²) in [6.07, 6.45) is 4.78. The number of nitrogens with one attached hydrogen (secondary N) is 1. The van der Waals surface area contributed by atoms with Crippen LogP contribution in [0.15, 0.2) is 54.7 Å². The Morgan fingerprint density at radius 1 is 1.06 bits per heavy atom. The van der Waals surface area contributed by atoms with Gasteiger partial charge in [-0.15, -0.1) is 0 Å². The van der Waals surface area contributed by atoms with Gasteiger partial charge in [0.25, 0.3) is 0 Å². The van der Waals surface area contributed by atoms with Crippen molar-refractivity contribution >= 4 is 34.1 Å². The topological polar surface area (TPSA) is 85.2 Å². The van der Waals surface area contributed by atoms with Crippen molar-refractivity contribution < 1.29 is 9.53 Å². The molecule has 0 amide bonds. The first-order valence-corrected chi connectivity index (χ1v) is 12.5. The lowest BCUT2D eigenvalue weighted by atomic mass is 9.97. The lowest BCUT2D eigenvalue weighted by Crippen LogP contribution is -2.37. The van der Waals surface area contributed by atoms with E-state index < -0.39 is 0 Å². The molecule has 1 saturated carbocycles. The number of hydrogen-bond acceptors (Lipinski definition) is 7. The number of aromatic nitrogens is 4. The molecule has 4 aromatic rings. The zero-order chi connectivity index (χ0) is 24.7. The summed E-state index contributed by atoms with van der Waals surface area (Å²) in [5.74, 6) is 1.59. The van der Waals surface area contributed by atoms with Crippen molar-refractivity contribution in [2.24, 2.45) is 12.5 Å². The summed E-state index contributed by atoms with van der Waals surface area (Å²) in [5, 5.41) is 8.88. The number of hydrogen-bond donors (Lipinski definition) is 1. The molecule has 36 heavy (non-hydrogen) atoms. The monoisotopic (exact) mass is 482 g/mol. The Morgan fingerprint density at radius 3 is 2.58 bits per heavy atom. The van der Waals surface area contributed by atoms with Gasteiger partial charge in [-0.05, 0) is 48.6 Å². The second kappa shape index (κ2) is 9.02. The highest BCUT2D eigenvalue weighted by atomic mass is 16.5. The molecule has 2 aromatic carbocycles. The lowest BCUT2D eigenvalue weighted by Gasteiger charge is -2.27. The highest BCUT2D eigenvalue weighted by Gasteiger charge is 2.39. The molecule has 1 saturated heterocycles.